The molecule has 0 amide bonds. The van der Waals surface area contributed by atoms with Gasteiger partial charge in [-0.1, -0.05) is 25.1 Å². The van der Waals surface area contributed by atoms with E-state index in [0.29, 0.717) is 27.6 Å². The average Bonchev–Trinajstić information content (AvgIpc) is 3.61. The molecule has 0 aliphatic carbocycles. The molecule has 8 nitrogen and oxygen atoms in total. The molecular weight excluding hydrogens is 492 g/mol. The molecule has 2 aromatic carbocycles. The van der Waals surface area contributed by atoms with Crippen molar-refractivity contribution < 1.29 is 29.6 Å². The first-order valence-electron chi connectivity index (χ1n) is 11.8. The zero-order chi connectivity index (χ0) is 26.3. The number of hydrogen-bond donors (Lipinski definition) is 5. The van der Waals surface area contributed by atoms with Gasteiger partial charge in [0.2, 0.25) is 5.78 Å². The van der Waals surface area contributed by atoms with Gasteiger partial charge in [-0.3, -0.25) is 4.79 Å². The van der Waals surface area contributed by atoms with Gasteiger partial charge in [-0.25, -0.2) is 4.79 Å². The SMILES string of the molecule is COc1ccc2[nH]cc(-c3c(C(=O)O)sc(C(=O)c4c[nH]c5c(CCC(C)CO)cccc45)c3O)c2c1. The van der Waals surface area contributed by atoms with E-state index in [1.165, 1.54) is 7.11 Å². The lowest BCUT2D eigenvalue weighted by Crippen LogP contribution is -2.02. The van der Waals surface area contributed by atoms with Crippen molar-refractivity contribution in [2.45, 2.75) is 19.8 Å². The highest BCUT2D eigenvalue weighted by Gasteiger charge is 2.30. The number of nitrogens with one attached hydrogen (secondary N) is 2. The van der Waals surface area contributed by atoms with Crippen LogP contribution in [0.3, 0.4) is 0 Å². The number of aryl methyl sites for hydroxylation is 1. The maximum absolute atomic E-state index is 13.7. The number of carbonyl (C=O) groups excluding carboxylic acids is 1. The molecule has 37 heavy (non-hydrogen) atoms. The van der Waals surface area contributed by atoms with E-state index in [0.717, 1.165) is 40.8 Å². The molecule has 0 radical (unpaired) electrons. The van der Waals surface area contributed by atoms with Gasteiger partial charge in [0, 0.05) is 51.9 Å². The van der Waals surface area contributed by atoms with E-state index < -0.39 is 11.8 Å². The van der Waals surface area contributed by atoms with Crippen LogP contribution >= 0.6 is 11.3 Å². The van der Waals surface area contributed by atoms with Crippen LogP contribution < -0.4 is 4.74 Å². The molecule has 5 aromatic rings. The summed E-state index contributed by atoms with van der Waals surface area (Å²) in [4.78, 5) is 32.0. The molecule has 1 atom stereocenters. The number of fused-ring (bicyclic) bond motifs is 2. The molecule has 3 aromatic heterocycles. The van der Waals surface area contributed by atoms with Crippen LogP contribution in [-0.2, 0) is 6.42 Å². The number of ketones is 1. The minimum atomic E-state index is -1.23. The second kappa shape index (κ2) is 9.76. The van der Waals surface area contributed by atoms with Gasteiger partial charge in [0.1, 0.15) is 21.3 Å². The number of methoxy groups -OCH3 is 1. The first-order valence-corrected chi connectivity index (χ1v) is 12.6. The van der Waals surface area contributed by atoms with Gasteiger partial charge in [0.15, 0.2) is 0 Å². The first-order chi connectivity index (χ1) is 17.8. The third kappa shape index (κ3) is 4.26. The van der Waals surface area contributed by atoms with Crippen molar-refractivity contribution in [2.24, 2.45) is 5.92 Å². The number of rotatable bonds is 9. The molecular formula is C28H26N2O6S. The van der Waals surface area contributed by atoms with Crippen LogP contribution in [0, 0.1) is 5.92 Å². The smallest absolute Gasteiger partial charge is 0.346 e. The van der Waals surface area contributed by atoms with Gasteiger partial charge in [-0.2, -0.15) is 0 Å². The number of aromatic nitrogens is 2. The second-order valence-corrected chi connectivity index (χ2v) is 10.1. The van der Waals surface area contributed by atoms with E-state index in [1.54, 1.807) is 30.6 Å². The van der Waals surface area contributed by atoms with E-state index in [-0.39, 0.29) is 33.6 Å². The van der Waals surface area contributed by atoms with Gasteiger partial charge in [-0.05, 0) is 42.5 Å². The van der Waals surface area contributed by atoms with Crippen LogP contribution in [0.2, 0.25) is 0 Å². The fraction of sp³-hybridized carbons (Fsp3) is 0.214. The standard InChI is InChI=1S/C28H26N2O6S/c1-14(13-31)6-7-15-4-3-5-17-20(12-30-23(15)17)24(32)27-25(33)22(26(37-27)28(34)35)19-11-29-21-9-8-16(36-2)10-18(19)21/h3-5,8-12,14,29-31,33H,6-7,13H2,1-2H3,(H,34,35). The minimum absolute atomic E-state index is 0.0372. The van der Waals surface area contributed by atoms with E-state index in [4.69, 9.17) is 4.74 Å². The fourth-order valence-corrected chi connectivity index (χ4v) is 5.64. The van der Waals surface area contributed by atoms with Crippen molar-refractivity contribution in [3.8, 4) is 22.6 Å². The summed E-state index contributed by atoms with van der Waals surface area (Å²) in [5.74, 6) is -1.31. The summed E-state index contributed by atoms with van der Waals surface area (Å²) >= 11 is 0.761. The molecule has 0 spiro atoms. The molecule has 0 fully saturated rings. The van der Waals surface area contributed by atoms with Gasteiger partial charge in [0.05, 0.1) is 12.7 Å². The molecule has 0 aliphatic heterocycles. The molecule has 0 saturated heterocycles. The average molecular weight is 519 g/mol. The predicted molar refractivity (Wildman–Crippen MR) is 143 cm³/mol. The van der Waals surface area contributed by atoms with E-state index in [9.17, 15) is 24.9 Å². The Kier molecular flexibility index (Phi) is 6.49. The Morgan fingerprint density at radius 1 is 1.08 bits per heavy atom. The van der Waals surface area contributed by atoms with Gasteiger partial charge >= 0.3 is 5.97 Å². The normalized spacial score (nSPS) is 12.3. The van der Waals surface area contributed by atoms with Crippen LogP contribution in [0.4, 0.5) is 0 Å². The third-order valence-corrected chi connectivity index (χ3v) is 7.87. The fourth-order valence-electron chi connectivity index (χ4n) is 4.64. The Bertz CT molecular complexity index is 1640. The summed E-state index contributed by atoms with van der Waals surface area (Å²) in [5, 5.41) is 31.9. The van der Waals surface area contributed by atoms with Crippen LogP contribution in [0.15, 0.2) is 48.8 Å². The zero-order valence-electron chi connectivity index (χ0n) is 20.3. The summed E-state index contributed by atoms with van der Waals surface area (Å²) in [5.41, 5.74) is 3.50. The molecule has 190 valence electrons. The van der Waals surface area contributed by atoms with Crippen LogP contribution in [0.25, 0.3) is 32.9 Å². The highest BCUT2D eigenvalue weighted by atomic mass is 32.1. The lowest BCUT2D eigenvalue weighted by molar-refractivity contribution is 0.0702. The Balaban J connectivity index is 1.60. The number of aromatic hydroxyl groups is 1. The van der Waals surface area contributed by atoms with Crippen LogP contribution in [0.1, 0.15) is 43.8 Å². The lowest BCUT2D eigenvalue weighted by Gasteiger charge is -2.08. The Hall–Kier alpha value is -4.08. The molecule has 1 unspecified atom stereocenters. The summed E-state index contributed by atoms with van der Waals surface area (Å²) in [6, 6.07) is 11.0. The molecule has 0 aliphatic rings. The Morgan fingerprint density at radius 2 is 1.89 bits per heavy atom. The van der Waals surface area contributed by atoms with Crippen molar-refractivity contribution in [1.82, 2.24) is 9.97 Å². The summed E-state index contributed by atoms with van der Waals surface area (Å²) in [6.07, 6.45) is 4.75. The van der Waals surface area contributed by atoms with Crippen molar-refractivity contribution >= 4 is 44.9 Å². The number of H-pyrrole nitrogens is 2. The number of carbonyl (C=O) groups is 2. The number of carboxylic acids is 1. The van der Waals surface area contributed by atoms with Crippen LogP contribution in [-0.4, -0.2) is 50.8 Å². The van der Waals surface area contributed by atoms with Crippen molar-refractivity contribution in [2.75, 3.05) is 13.7 Å². The molecule has 0 bridgehead atoms. The number of para-hydroxylation sites is 1. The summed E-state index contributed by atoms with van der Waals surface area (Å²) < 4.78 is 5.31. The number of thiophene rings is 1. The monoisotopic (exact) mass is 518 g/mol. The number of benzene rings is 2. The Labute approximate surface area is 216 Å². The van der Waals surface area contributed by atoms with E-state index in [1.807, 2.05) is 25.1 Å². The number of aromatic amines is 2. The van der Waals surface area contributed by atoms with Gasteiger partial charge in [0.25, 0.3) is 0 Å². The molecule has 0 saturated carbocycles. The van der Waals surface area contributed by atoms with Crippen LogP contribution in [0.5, 0.6) is 11.5 Å². The molecule has 9 heteroatoms. The van der Waals surface area contributed by atoms with Crippen molar-refractivity contribution in [1.29, 1.82) is 0 Å². The predicted octanol–water partition coefficient (Wildman–Crippen LogP) is 5.58. The molecule has 5 rings (SSSR count). The quantitative estimate of drug-likeness (QED) is 0.162. The zero-order valence-corrected chi connectivity index (χ0v) is 21.1. The van der Waals surface area contributed by atoms with E-state index in [2.05, 4.69) is 9.97 Å². The van der Waals surface area contributed by atoms with Crippen molar-refractivity contribution in [3.63, 3.8) is 0 Å². The Morgan fingerprint density at radius 3 is 2.62 bits per heavy atom. The summed E-state index contributed by atoms with van der Waals surface area (Å²) in [7, 11) is 1.54. The van der Waals surface area contributed by atoms with Gasteiger partial charge in [-0.15, -0.1) is 11.3 Å². The number of aromatic carboxylic acids is 1. The first kappa shape index (κ1) is 24.6. The lowest BCUT2D eigenvalue weighted by atomic mass is 9.98. The van der Waals surface area contributed by atoms with Crippen molar-refractivity contribution in [3.05, 3.63) is 69.7 Å². The second-order valence-electron chi connectivity index (χ2n) is 9.10. The minimum Gasteiger partial charge on any atom is -0.506 e. The van der Waals surface area contributed by atoms with Gasteiger partial charge < -0.3 is 30.0 Å². The number of hydrogen-bond acceptors (Lipinski definition) is 6. The number of carboxylic acid groups (broad SMARTS) is 1. The number of aliphatic hydroxyl groups is 1. The molecule has 5 N–H and O–H groups in total. The maximum atomic E-state index is 13.7. The molecule has 3 heterocycles. The van der Waals surface area contributed by atoms with E-state index >= 15 is 0 Å². The highest BCUT2D eigenvalue weighted by molar-refractivity contribution is 7.17. The largest absolute Gasteiger partial charge is 0.506 e. The topological polar surface area (TPSA) is 136 Å². The number of ether oxygens (including phenoxy) is 1. The highest BCUT2D eigenvalue weighted by Crippen LogP contribution is 2.46. The third-order valence-electron chi connectivity index (χ3n) is 6.71. The maximum Gasteiger partial charge on any atom is 0.346 e. The summed E-state index contributed by atoms with van der Waals surface area (Å²) in [6.45, 7) is 2.09. The number of aliphatic hydroxyl groups excluding tert-OH is 1.